The van der Waals surface area contributed by atoms with Crippen LogP contribution in [0.25, 0.3) is 11.3 Å². The number of carbonyl (C=O) groups excluding carboxylic acids is 2. The molecule has 0 saturated heterocycles. The first kappa shape index (κ1) is 28.1. The Hall–Kier alpha value is -4.45. The number of nitrogens with one attached hydrogen (secondary N) is 1. The number of primary sulfonamides is 1. The van der Waals surface area contributed by atoms with Crippen molar-refractivity contribution in [3.63, 3.8) is 0 Å². The lowest BCUT2D eigenvalue weighted by atomic mass is 9.99. The van der Waals surface area contributed by atoms with E-state index in [2.05, 4.69) is 10.4 Å². The Morgan fingerprint density at radius 3 is 2.56 bits per heavy atom. The lowest BCUT2D eigenvalue weighted by molar-refractivity contribution is -0.119. The van der Waals surface area contributed by atoms with Crippen LogP contribution in [0.5, 0.6) is 5.75 Å². The summed E-state index contributed by atoms with van der Waals surface area (Å²) in [6, 6.07) is 21.1. The molecule has 1 unspecified atom stereocenters. The molecule has 3 N–H and O–H groups in total. The van der Waals surface area contributed by atoms with Crippen molar-refractivity contribution < 1.29 is 27.2 Å². The topological polar surface area (TPSA) is 144 Å². The lowest BCUT2D eigenvalue weighted by Crippen LogP contribution is -2.28. The van der Waals surface area contributed by atoms with Gasteiger partial charge in [0.25, 0.3) is 11.8 Å². The van der Waals surface area contributed by atoms with Crippen LogP contribution in [-0.4, -0.2) is 33.1 Å². The van der Waals surface area contributed by atoms with Crippen molar-refractivity contribution in [3.8, 4) is 17.1 Å². The van der Waals surface area contributed by atoms with Crippen molar-refractivity contribution >= 4 is 50.5 Å². The van der Waals surface area contributed by atoms with Crippen LogP contribution in [0, 0.1) is 5.92 Å². The number of nitrogens with zero attached hydrogens (tertiary/aromatic N) is 2. The van der Waals surface area contributed by atoms with Crippen LogP contribution in [0.3, 0.4) is 0 Å². The van der Waals surface area contributed by atoms with Gasteiger partial charge in [-0.25, -0.2) is 18.6 Å². The molecule has 1 aromatic heterocycles. The summed E-state index contributed by atoms with van der Waals surface area (Å²) >= 11 is 6.34. The molecule has 5 rings (SSSR count). The fourth-order valence-electron chi connectivity index (χ4n) is 4.40. The number of amides is 2. The minimum absolute atomic E-state index is 0.0589. The first-order valence-corrected chi connectivity index (χ1v) is 14.3. The monoisotopic (exact) mass is 592 g/mol. The predicted octanol–water partition coefficient (Wildman–Crippen LogP) is 5.09. The SMILES string of the molecule is COc1cccc(NC(=O)c2cc(-c3ccc(CC4C(=O)N(c5ccc(S(N)(=O)=O)cc5)N=C4C)o3)ccc2Cl)c1. The van der Waals surface area contributed by atoms with Crippen LogP contribution >= 0.6 is 11.6 Å². The zero-order valence-corrected chi connectivity index (χ0v) is 23.6. The van der Waals surface area contributed by atoms with Crippen molar-refractivity contribution in [2.24, 2.45) is 16.2 Å². The van der Waals surface area contributed by atoms with Crippen LogP contribution in [0.2, 0.25) is 5.02 Å². The Morgan fingerprint density at radius 2 is 1.85 bits per heavy atom. The van der Waals surface area contributed by atoms with E-state index in [0.717, 1.165) is 0 Å². The number of hydrogen-bond donors (Lipinski definition) is 2. The Labute approximate surface area is 241 Å². The van der Waals surface area contributed by atoms with E-state index in [4.69, 9.17) is 25.9 Å². The standard InChI is InChI=1S/C29H25ClN4O6S/c1-17-24(29(36)34(33-17)20-7-10-23(11-8-20)41(31,37)38)16-22-9-13-27(40-22)18-6-12-26(30)25(14-18)28(35)32-19-4-3-5-21(15-19)39-2/h3-15,24H,16H2,1-2H3,(H,32,35)(H2,31,37,38). The maximum Gasteiger partial charge on any atom is 0.257 e. The van der Waals surface area contributed by atoms with E-state index in [1.165, 1.54) is 29.3 Å². The van der Waals surface area contributed by atoms with Gasteiger partial charge in [0.2, 0.25) is 10.0 Å². The molecule has 210 valence electrons. The zero-order chi connectivity index (χ0) is 29.3. The summed E-state index contributed by atoms with van der Waals surface area (Å²) in [5.41, 5.74) is 2.47. The van der Waals surface area contributed by atoms with Gasteiger partial charge in [-0.05, 0) is 73.7 Å². The summed E-state index contributed by atoms with van der Waals surface area (Å²) in [5.74, 6) is 0.430. The highest BCUT2D eigenvalue weighted by molar-refractivity contribution is 7.89. The van der Waals surface area contributed by atoms with E-state index in [1.54, 1.807) is 68.6 Å². The summed E-state index contributed by atoms with van der Waals surface area (Å²) in [5, 5.41) is 13.9. The van der Waals surface area contributed by atoms with Gasteiger partial charge in [-0.15, -0.1) is 0 Å². The fraction of sp³-hybridized carbons (Fsp3) is 0.138. The average Bonchev–Trinajstić information content (AvgIpc) is 3.53. The van der Waals surface area contributed by atoms with E-state index in [1.807, 2.05) is 0 Å². The number of hydrazone groups is 1. The number of furan rings is 1. The molecule has 0 bridgehead atoms. The number of ether oxygens (including phenoxy) is 1. The Bertz CT molecular complexity index is 1780. The normalized spacial score (nSPS) is 15.1. The molecule has 0 radical (unpaired) electrons. The fourth-order valence-corrected chi connectivity index (χ4v) is 5.11. The number of nitrogens with two attached hydrogens (primary N) is 1. The van der Waals surface area contributed by atoms with Gasteiger partial charge < -0.3 is 14.5 Å². The number of sulfonamides is 1. The maximum atomic E-state index is 13.2. The molecule has 1 aliphatic rings. The summed E-state index contributed by atoms with van der Waals surface area (Å²) in [7, 11) is -2.31. The van der Waals surface area contributed by atoms with Crippen LogP contribution < -0.4 is 20.2 Å². The van der Waals surface area contributed by atoms with Gasteiger partial charge >= 0.3 is 0 Å². The molecule has 2 amide bonds. The van der Waals surface area contributed by atoms with E-state index in [0.29, 0.717) is 39.9 Å². The van der Waals surface area contributed by atoms with Crippen LogP contribution in [0.15, 0.2) is 93.3 Å². The highest BCUT2D eigenvalue weighted by atomic mass is 35.5. The number of carbonyl (C=O) groups is 2. The van der Waals surface area contributed by atoms with Crippen LogP contribution in [-0.2, 0) is 21.2 Å². The number of halogens is 1. The zero-order valence-electron chi connectivity index (χ0n) is 22.0. The van der Waals surface area contributed by atoms with Gasteiger partial charge in [-0.3, -0.25) is 9.59 Å². The molecule has 1 aliphatic heterocycles. The van der Waals surface area contributed by atoms with Crippen LogP contribution in [0.1, 0.15) is 23.0 Å². The third kappa shape index (κ3) is 6.02. The molecule has 0 saturated carbocycles. The molecule has 1 atom stereocenters. The van der Waals surface area contributed by atoms with Crippen molar-refractivity contribution in [1.29, 1.82) is 0 Å². The molecular weight excluding hydrogens is 568 g/mol. The van der Waals surface area contributed by atoms with Gasteiger partial charge in [0.05, 0.1) is 34.2 Å². The van der Waals surface area contributed by atoms with Gasteiger partial charge in [0.15, 0.2) is 0 Å². The Morgan fingerprint density at radius 1 is 1.10 bits per heavy atom. The number of benzene rings is 3. The molecule has 41 heavy (non-hydrogen) atoms. The third-order valence-electron chi connectivity index (χ3n) is 6.57. The number of hydrogen-bond acceptors (Lipinski definition) is 7. The first-order valence-electron chi connectivity index (χ1n) is 12.4. The first-order chi connectivity index (χ1) is 19.5. The minimum atomic E-state index is -3.85. The van der Waals surface area contributed by atoms with E-state index in [9.17, 15) is 18.0 Å². The second-order valence-electron chi connectivity index (χ2n) is 9.33. The van der Waals surface area contributed by atoms with Gasteiger partial charge in [-0.1, -0.05) is 17.7 Å². The predicted molar refractivity (Wildman–Crippen MR) is 156 cm³/mol. The van der Waals surface area contributed by atoms with E-state index < -0.39 is 21.8 Å². The van der Waals surface area contributed by atoms with Crippen molar-refractivity contribution in [3.05, 3.63) is 95.2 Å². The van der Waals surface area contributed by atoms with E-state index >= 15 is 0 Å². The quantitative estimate of drug-likeness (QED) is 0.292. The molecule has 0 aliphatic carbocycles. The number of rotatable bonds is 8. The molecule has 3 aromatic carbocycles. The van der Waals surface area contributed by atoms with Gasteiger partial charge in [-0.2, -0.15) is 5.10 Å². The maximum absolute atomic E-state index is 13.2. The number of anilines is 2. The van der Waals surface area contributed by atoms with E-state index in [-0.39, 0.29) is 27.8 Å². The van der Waals surface area contributed by atoms with Crippen molar-refractivity contribution in [2.75, 3.05) is 17.4 Å². The highest BCUT2D eigenvalue weighted by Crippen LogP contribution is 2.31. The molecular formula is C29H25ClN4O6S. The van der Waals surface area contributed by atoms with Gasteiger partial charge in [0.1, 0.15) is 17.3 Å². The Kier molecular flexibility index (Phi) is 7.68. The second kappa shape index (κ2) is 11.2. The minimum Gasteiger partial charge on any atom is -0.497 e. The van der Waals surface area contributed by atoms with Crippen molar-refractivity contribution in [1.82, 2.24) is 0 Å². The molecule has 10 nitrogen and oxygen atoms in total. The summed E-state index contributed by atoms with van der Waals surface area (Å²) in [4.78, 5) is 26.1. The summed E-state index contributed by atoms with van der Waals surface area (Å²) in [6.45, 7) is 1.75. The lowest BCUT2D eigenvalue weighted by Gasteiger charge is -2.14. The largest absolute Gasteiger partial charge is 0.497 e. The van der Waals surface area contributed by atoms with Crippen molar-refractivity contribution in [2.45, 2.75) is 18.2 Å². The Balaban J connectivity index is 1.30. The van der Waals surface area contributed by atoms with Crippen LogP contribution in [0.4, 0.5) is 11.4 Å². The third-order valence-corrected chi connectivity index (χ3v) is 7.83. The number of methoxy groups -OCH3 is 1. The molecule has 4 aromatic rings. The highest BCUT2D eigenvalue weighted by Gasteiger charge is 2.35. The molecule has 12 heteroatoms. The molecule has 2 heterocycles. The second-order valence-corrected chi connectivity index (χ2v) is 11.3. The average molecular weight is 593 g/mol. The molecule has 0 spiro atoms. The summed E-state index contributed by atoms with van der Waals surface area (Å²) < 4.78 is 34.3. The molecule has 0 fully saturated rings. The summed E-state index contributed by atoms with van der Waals surface area (Å²) in [6.07, 6.45) is 0.261. The van der Waals surface area contributed by atoms with Gasteiger partial charge in [0, 0.05) is 29.4 Å². The smallest absolute Gasteiger partial charge is 0.257 e.